The summed E-state index contributed by atoms with van der Waals surface area (Å²) in [6.07, 6.45) is -0.491. The van der Waals surface area contributed by atoms with Crippen molar-refractivity contribution in [1.29, 1.82) is 0 Å². The van der Waals surface area contributed by atoms with Crippen molar-refractivity contribution in [2.45, 2.75) is 101 Å². The molecule has 0 unspecified atom stereocenters. The largest absolute Gasteiger partial charge is 0.389 e. The summed E-state index contributed by atoms with van der Waals surface area (Å²) in [5.41, 5.74) is -5.80. The van der Waals surface area contributed by atoms with Gasteiger partial charge in [-0.05, 0) is 40.5 Å². The van der Waals surface area contributed by atoms with Crippen LogP contribution in [-0.2, 0) is 9.59 Å². The third kappa shape index (κ3) is 4.39. The average Bonchev–Trinajstić information content (AvgIpc) is 2.60. The molecule has 6 atom stereocenters. The van der Waals surface area contributed by atoms with Crippen molar-refractivity contribution >= 4 is 11.6 Å². The second-order valence-electron chi connectivity index (χ2n) is 9.91. The Bertz CT molecular complexity index is 687. The fourth-order valence-corrected chi connectivity index (χ4v) is 5.32. The number of aliphatic hydroxyl groups is 2. The summed E-state index contributed by atoms with van der Waals surface area (Å²) in [5.74, 6) is -2.53. The molecule has 170 valence electrons. The van der Waals surface area contributed by atoms with Gasteiger partial charge in [-0.1, -0.05) is 0 Å². The summed E-state index contributed by atoms with van der Waals surface area (Å²) in [6.45, 7) is 5.55. The third-order valence-electron chi connectivity index (χ3n) is 7.67. The van der Waals surface area contributed by atoms with Crippen molar-refractivity contribution in [2.24, 2.45) is 11.8 Å². The van der Waals surface area contributed by atoms with E-state index in [9.17, 15) is 40.0 Å². The highest BCUT2D eigenvalue weighted by Crippen LogP contribution is 2.48. The molecular formula is C20H32N2O8. The first-order valence-corrected chi connectivity index (χ1v) is 10.3. The van der Waals surface area contributed by atoms with E-state index in [1.54, 1.807) is 0 Å². The maximum atomic E-state index is 12.0. The maximum absolute atomic E-state index is 12.0. The SMILES string of the molecule is CC(=O)[C@H]1C[C@](CC[C@]2([N+](=O)[O-])CC[C@@](C)(O)[C@H](C(C)=O)C2)([N+](=O)[O-])CC[C@@]1(C)O. The minimum Gasteiger partial charge on any atom is -0.389 e. The monoisotopic (exact) mass is 428 g/mol. The zero-order valence-electron chi connectivity index (χ0n) is 18.0. The third-order valence-corrected chi connectivity index (χ3v) is 7.67. The van der Waals surface area contributed by atoms with E-state index >= 15 is 0 Å². The molecule has 0 aromatic rings. The zero-order chi connectivity index (χ0) is 23.1. The highest BCUT2D eigenvalue weighted by molar-refractivity contribution is 5.80. The average molecular weight is 428 g/mol. The Morgan fingerprint density at radius 1 is 0.800 bits per heavy atom. The van der Waals surface area contributed by atoms with Crippen LogP contribution in [0.1, 0.15) is 79.1 Å². The Morgan fingerprint density at radius 3 is 1.33 bits per heavy atom. The van der Waals surface area contributed by atoms with Gasteiger partial charge in [-0.3, -0.25) is 29.8 Å². The predicted octanol–water partition coefficient (Wildman–Crippen LogP) is 2.08. The minimum atomic E-state index is -1.55. The number of rotatable bonds is 7. The van der Waals surface area contributed by atoms with E-state index in [0.717, 1.165) is 0 Å². The van der Waals surface area contributed by atoms with Gasteiger partial charge >= 0.3 is 0 Å². The van der Waals surface area contributed by atoms with Crippen molar-refractivity contribution < 1.29 is 29.6 Å². The second-order valence-corrected chi connectivity index (χ2v) is 9.91. The van der Waals surface area contributed by atoms with Crippen LogP contribution in [0.25, 0.3) is 0 Å². The molecule has 0 bridgehead atoms. The van der Waals surface area contributed by atoms with Crippen molar-refractivity contribution in [3.05, 3.63) is 20.2 Å². The summed E-state index contributed by atoms with van der Waals surface area (Å²) in [7, 11) is 0. The van der Waals surface area contributed by atoms with Gasteiger partial charge in [0.25, 0.3) is 0 Å². The van der Waals surface area contributed by atoms with Crippen LogP contribution in [-0.4, -0.2) is 53.9 Å². The van der Waals surface area contributed by atoms with E-state index in [1.807, 2.05) is 0 Å². The topological polar surface area (TPSA) is 161 Å². The number of hydrogen-bond acceptors (Lipinski definition) is 8. The van der Waals surface area contributed by atoms with E-state index in [4.69, 9.17) is 0 Å². The summed E-state index contributed by atoms with van der Waals surface area (Å²) in [5, 5.41) is 45.1. The highest BCUT2D eigenvalue weighted by atomic mass is 16.6. The van der Waals surface area contributed by atoms with Crippen molar-refractivity contribution in [3.63, 3.8) is 0 Å². The smallest absolute Gasteiger partial charge is 0.223 e. The van der Waals surface area contributed by atoms with Gasteiger partial charge in [-0.2, -0.15) is 0 Å². The van der Waals surface area contributed by atoms with E-state index < -0.39 is 44.0 Å². The molecule has 0 spiro atoms. The summed E-state index contributed by atoms with van der Waals surface area (Å²) >= 11 is 0. The van der Waals surface area contributed by atoms with Crippen LogP contribution < -0.4 is 0 Å². The number of carbonyl (C=O) groups is 2. The van der Waals surface area contributed by atoms with Crippen LogP contribution in [0.3, 0.4) is 0 Å². The predicted molar refractivity (Wildman–Crippen MR) is 106 cm³/mol. The van der Waals surface area contributed by atoms with Gasteiger partial charge in [0.2, 0.25) is 11.1 Å². The number of ketones is 2. The lowest BCUT2D eigenvalue weighted by atomic mass is 9.62. The lowest BCUT2D eigenvalue weighted by Crippen LogP contribution is -2.57. The summed E-state index contributed by atoms with van der Waals surface area (Å²) < 4.78 is 0. The van der Waals surface area contributed by atoms with Crippen molar-refractivity contribution in [2.75, 3.05) is 0 Å². The van der Waals surface area contributed by atoms with E-state index in [-0.39, 0.29) is 62.9 Å². The molecule has 0 radical (unpaired) electrons. The lowest BCUT2D eigenvalue weighted by Gasteiger charge is -2.44. The van der Waals surface area contributed by atoms with Crippen LogP contribution in [0.4, 0.5) is 0 Å². The molecule has 0 heterocycles. The number of carbonyl (C=O) groups excluding carboxylic acids is 2. The van der Waals surface area contributed by atoms with Gasteiger partial charge in [0, 0.05) is 48.4 Å². The molecule has 0 aromatic carbocycles. The normalized spacial score (nSPS) is 41.8. The summed E-state index contributed by atoms with van der Waals surface area (Å²) in [4.78, 5) is 47.2. The first-order valence-electron chi connectivity index (χ1n) is 10.3. The zero-order valence-corrected chi connectivity index (χ0v) is 18.0. The number of nitro groups is 2. The Balaban J connectivity index is 2.31. The first kappa shape index (κ1) is 24.3. The molecule has 2 saturated carbocycles. The molecule has 2 aliphatic carbocycles. The first-order chi connectivity index (χ1) is 13.6. The van der Waals surface area contributed by atoms with Crippen LogP contribution in [0, 0.1) is 32.1 Å². The van der Waals surface area contributed by atoms with E-state index in [2.05, 4.69) is 0 Å². The van der Waals surface area contributed by atoms with Crippen LogP contribution >= 0.6 is 0 Å². The molecule has 30 heavy (non-hydrogen) atoms. The summed E-state index contributed by atoms with van der Waals surface area (Å²) in [6, 6.07) is 0. The quantitative estimate of drug-likeness (QED) is 0.460. The van der Waals surface area contributed by atoms with Crippen molar-refractivity contribution in [1.82, 2.24) is 0 Å². The number of nitrogens with zero attached hydrogens (tertiary/aromatic N) is 2. The molecule has 0 amide bonds. The van der Waals surface area contributed by atoms with Crippen LogP contribution in [0.5, 0.6) is 0 Å². The van der Waals surface area contributed by atoms with Gasteiger partial charge in [-0.25, -0.2) is 0 Å². The molecule has 10 nitrogen and oxygen atoms in total. The fourth-order valence-electron chi connectivity index (χ4n) is 5.32. The molecular weight excluding hydrogens is 396 g/mol. The number of hydrogen-bond donors (Lipinski definition) is 2. The van der Waals surface area contributed by atoms with Gasteiger partial charge in [0.1, 0.15) is 11.6 Å². The molecule has 2 rings (SSSR count). The van der Waals surface area contributed by atoms with Crippen LogP contribution in [0.15, 0.2) is 0 Å². The lowest BCUT2D eigenvalue weighted by molar-refractivity contribution is -0.596. The highest BCUT2D eigenvalue weighted by Gasteiger charge is 2.59. The minimum absolute atomic E-state index is 0.0123. The molecule has 0 aromatic heterocycles. The Hall–Kier alpha value is -1.94. The molecule has 2 fully saturated rings. The van der Waals surface area contributed by atoms with Gasteiger partial charge in [-0.15, -0.1) is 0 Å². The standard InChI is InChI=1S/C20H32N2O8/c1-13(23)15-11-19(21(27)28,7-5-17(15,3)25)9-10-20(22(29)30)8-6-18(4,26)16(12-20)14(2)24/h15-16,25-26H,5-12H2,1-4H3/t15-,16+,17-,18-,19+,20-/m1/s1. The molecule has 0 saturated heterocycles. The Labute approximate surface area is 175 Å². The Morgan fingerprint density at radius 2 is 1.10 bits per heavy atom. The molecule has 2 aliphatic rings. The van der Waals surface area contributed by atoms with E-state index in [0.29, 0.717) is 0 Å². The fraction of sp³-hybridized carbons (Fsp3) is 0.900. The van der Waals surface area contributed by atoms with Gasteiger partial charge in [0.05, 0.1) is 23.0 Å². The van der Waals surface area contributed by atoms with Gasteiger partial charge < -0.3 is 10.2 Å². The van der Waals surface area contributed by atoms with E-state index in [1.165, 1.54) is 27.7 Å². The van der Waals surface area contributed by atoms with Gasteiger partial charge in [0.15, 0.2) is 0 Å². The molecule has 2 N–H and O–H groups in total. The van der Waals surface area contributed by atoms with Crippen LogP contribution in [0.2, 0.25) is 0 Å². The number of Topliss-reactive ketones (excluding diaryl/α,β-unsaturated/α-hetero) is 2. The van der Waals surface area contributed by atoms with Crippen molar-refractivity contribution in [3.8, 4) is 0 Å². The molecule has 10 heteroatoms. The Kier molecular flexibility index (Phi) is 6.45. The second kappa shape index (κ2) is 7.96. The molecule has 0 aliphatic heterocycles. The maximum Gasteiger partial charge on any atom is 0.223 e.